The van der Waals surface area contributed by atoms with Gasteiger partial charge in [0.15, 0.2) is 9.84 Å². The molecule has 1 atom stereocenters. The summed E-state index contributed by atoms with van der Waals surface area (Å²) in [4.78, 5) is 1.92. The van der Waals surface area contributed by atoms with Gasteiger partial charge < -0.3 is 4.90 Å². The molecule has 80 valence electrons. The minimum Gasteiger partial charge on any atom is -0.359 e. The van der Waals surface area contributed by atoms with Crippen molar-refractivity contribution in [1.29, 1.82) is 5.41 Å². The molecule has 2 aliphatic heterocycles. The lowest BCUT2D eigenvalue weighted by Crippen LogP contribution is -2.35. The Kier molecular flexibility index (Phi) is 2.51. The van der Waals surface area contributed by atoms with Crippen LogP contribution in [0.3, 0.4) is 0 Å². The summed E-state index contributed by atoms with van der Waals surface area (Å²) in [5.74, 6) is 0.964. The Balaban J connectivity index is 2.01. The fourth-order valence-corrected chi connectivity index (χ4v) is 4.08. The summed E-state index contributed by atoms with van der Waals surface area (Å²) < 4.78 is 23.1. The lowest BCUT2D eigenvalue weighted by atomic mass is 10.2. The summed E-state index contributed by atoms with van der Waals surface area (Å²) in [6, 6.07) is 0. The van der Waals surface area contributed by atoms with Crippen LogP contribution in [0.4, 0.5) is 0 Å². The molecule has 1 unspecified atom stereocenters. The molecule has 0 aliphatic carbocycles. The number of nitrogens with zero attached hydrogens (tertiary/aromatic N) is 1. The van der Waals surface area contributed by atoms with Gasteiger partial charge in [0.05, 0.1) is 16.8 Å². The number of likely N-dealkylation sites (tertiary alicyclic amines) is 1. The fraction of sp³-hybridized carbons (Fsp3) is 0.889. The topological polar surface area (TPSA) is 61.2 Å². The number of nitrogens with one attached hydrogen (secondary N) is 1. The fourth-order valence-electron chi connectivity index (χ4n) is 2.24. The first-order valence-corrected chi connectivity index (χ1v) is 6.85. The third-order valence-corrected chi connectivity index (χ3v) is 5.37. The molecule has 2 heterocycles. The standard InChI is InChI=1S/C9H16N2O2S/c10-9-4-1-5-11(9)7-8-3-2-6-14(8,12)13/h8,10H,1-7H2. The average Bonchev–Trinajstić information content (AvgIpc) is 2.62. The average molecular weight is 216 g/mol. The van der Waals surface area contributed by atoms with Gasteiger partial charge in [-0.1, -0.05) is 0 Å². The minimum absolute atomic E-state index is 0.207. The first-order chi connectivity index (χ1) is 6.59. The van der Waals surface area contributed by atoms with Crippen molar-refractivity contribution < 1.29 is 8.42 Å². The lowest BCUT2D eigenvalue weighted by Gasteiger charge is -2.21. The predicted molar refractivity (Wildman–Crippen MR) is 55.3 cm³/mol. The molecular weight excluding hydrogens is 200 g/mol. The maximum absolute atomic E-state index is 11.6. The largest absolute Gasteiger partial charge is 0.359 e. The second kappa shape index (κ2) is 3.53. The van der Waals surface area contributed by atoms with Crippen LogP contribution in [-0.4, -0.2) is 43.2 Å². The van der Waals surface area contributed by atoms with Crippen LogP contribution in [-0.2, 0) is 9.84 Å². The summed E-state index contributed by atoms with van der Waals surface area (Å²) in [7, 11) is -2.84. The van der Waals surface area contributed by atoms with Gasteiger partial charge in [-0.3, -0.25) is 5.41 Å². The van der Waals surface area contributed by atoms with Crippen molar-refractivity contribution in [2.24, 2.45) is 0 Å². The summed E-state index contributed by atoms with van der Waals surface area (Å²) >= 11 is 0. The Bertz CT molecular complexity index is 337. The highest BCUT2D eigenvalue weighted by Crippen LogP contribution is 2.22. The second-order valence-electron chi connectivity index (χ2n) is 4.13. The Morgan fingerprint density at radius 2 is 2.21 bits per heavy atom. The molecule has 2 aliphatic rings. The van der Waals surface area contributed by atoms with Gasteiger partial charge in [0.25, 0.3) is 0 Å². The highest BCUT2D eigenvalue weighted by molar-refractivity contribution is 7.92. The Morgan fingerprint density at radius 1 is 1.43 bits per heavy atom. The zero-order valence-electron chi connectivity index (χ0n) is 8.20. The van der Waals surface area contributed by atoms with Gasteiger partial charge in [-0.25, -0.2) is 8.42 Å². The summed E-state index contributed by atoms with van der Waals surface area (Å²) in [6.07, 6.45) is 3.40. The number of rotatable bonds is 2. The second-order valence-corrected chi connectivity index (χ2v) is 6.53. The van der Waals surface area contributed by atoms with Gasteiger partial charge in [0.2, 0.25) is 0 Å². The Morgan fingerprint density at radius 3 is 2.71 bits per heavy atom. The van der Waals surface area contributed by atoms with E-state index in [-0.39, 0.29) is 5.25 Å². The van der Waals surface area contributed by atoms with Crippen molar-refractivity contribution >= 4 is 15.7 Å². The van der Waals surface area contributed by atoms with E-state index in [0.717, 1.165) is 32.2 Å². The van der Waals surface area contributed by atoms with Crippen LogP contribution in [0.15, 0.2) is 0 Å². The van der Waals surface area contributed by atoms with Crippen molar-refractivity contribution in [2.45, 2.75) is 30.9 Å². The monoisotopic (exact) mass is 216 g/mol. The van der Waals surface area contributed by atoms with Crippen LogP contribution in [0.1, 0.15) is 25.7 Å². The maximum Gasteiger partial charge on any atom is 0.154 e. The number of sulfone groups is 1. The van der Waals surface area contributed by atoms with E-state index < -0.39 is 9.84 Å². The predicted octanol–water partition coefficient (Wildman–Crippen LogP) is 0.637. The molecule has 0 saturated carbocycles. The van der Waals surface area contributed by atoms with Crippen molar-refractivity contribution in [1.82, 2.24) is 4.90 Å². The number of amidine groups is 1. The van der Waals surface area contributed by atoms with Crippen molar-refractivity contribution in [3.8, 4) is 0 Å². The van der Waals surface area contributed by atoms with Crippen LogP contribution in [0, 0.1) is 5.41 Å². The highest BCUT2D eigenvalue weighted by atomic mass is 32.2. The van der Waals surface area contributed by atoms with Gasteiger partial charge in [0.1, 0.15) is 0 Å². The van der Waals surface area contributed by atoms with Crippen LogP contribution < -0.4 is 0 Å². The zero-order valence-corrected chi connectivity index (χ0v) is 9.02. The smallest absolute Gasteiger partial charge is 0.154 e. The van der Waals surface area contributed by atoms with Crippen molar-refractivity contribution in [3.63, 3.8) is 0 Å². The van der Waals surface area contributed by atoms with Gasteiger partial charge in [-0.2, -0.15) is 0 Å². The summed E-state index contributed by atoms with van der Waals surface area (Å²) in [5, 5.41) is 7.42. The van der Waals surface area contributed by atoms with E-state index in [1.54, 1.807) is 0 Å². The van der Waals surface area contributed by atoms with Crippen LogP contribution in [0.25, 0.3) is 0 Å². The molecule has 4 nitrogen and oxygen atoms in total. The van der Waals surface area contributed by atoms with Gasteiger partial charge in [0, 0.05) is 19.5 Å². The summed E-state index contributed by atoms with van der Waals surface area (Å²) in [6.45, 7) is 1.42. The third kappa shape index (κ3) is 1.78. The van der Waals surface area contributed by atoms with E-state index in [4.69, 9.17) is 5.41 Å². The van der Waals surface area contributed by atoms with Gasteiger partial charge >= 0.3 is 0 Å². The normalized spacial score (nSPS) is 31.3. The zero-order chi connectivity index (χ0) is 10.2. The van der Waals surface area contributed by atoms with Crippen LogP contribution in [0.5, 0.6) is 0 Å². The molecule has 0 spiro atoms. The van der Waals surface area contributed by atoms with E-state index in [0.29, 0.717) is 18.1 Å². The molecule has 0 aromatic rings. The van der Waals surface area contributed by atoms with E-state index in [9.17, 15) is 8.42 Å². The number of hydrogen-bond acceptors (Lipinski definition) is 3. The molecule has 2 rings (SSSR count). The molecule has 5 heteroatoms. The van der Waals surface area contributed by atoms with Crippen molar-refractivity contribution in [3.05, 3.63) is 0 Å². The van der Waals surface area contributed by atoms with E-state index >= 15 is 0 Å². The van der Waals surface area contributed by atoms with Crippen molar-refractivity contribution in [2.75, 3.05) is 18.8 Å². The molecule has 2 fully saturated rings. The lowest BCUT2D eigenvalue weighted by molar-refractivity contribution is 0.436. The molecule has 1 N–H and O–H groups in total. The minimum atomic E-state index is -2.84. The SMILES string of the molecule is N=C1CCCN1CC1CCCS1(=O)=O. The first kappa shape index (κ1) is 9.96. The maximum atomic E-state index is 11.6. The van der Waals surface area contributed by atoms with Crippen LogP contribution >= 0.6 is 0 Å². The van der Waals surface area contributed by atoms with Crippen LogP contribution in [0.2, 0.25) is 0 Å². The quantitative estimate of drug-likeness (QED) is 0.736. The third-order valence-electron chi connectivity index (χ3n) is 3.11. The van der Waals surface area contributed by atoms with Gasteiger partial charge in [-0.15, -0.1) is 0 Å². The molecule has 0 aromatic carbocycles. The molecule has 14 heavy (non-hydrogen) atoms. The van der Waals surface area contributed by atoms with E-state index in [2.05, 4.69) is 0 Å². The number of hydrogen-bond donors (Lipinski definition) is 1. The summed E-state index contributed by atoms with van der Waals surface area (Å²) in [5.41, 5.74) is 0. The van der Waals surface area contributed by atoms with Gasteiger partial charge in [-0.05, 0) is 19.3 Å². The Labute approximate surface area is 84.7 Å². The molecule has 0 aromatic heterocycles. The van der Waals surface area contributed by atoms with E-state index in [1.807, 2.05) is 4.90 Å². The molecule has 0 bridgehead atoms. The highest BCUT2D eigenvalue weighted by Gasteiger charge is 2.33. The first-order valence-electron chi connectivity index (χ1n) is 5.13. The molecule has 2 saturated heterocycles. The molecule has 0 amide bonds. The Hall–Kier alpha value is -0.580. The van der Waals surface area contributed by atoms with E-state index in [1.165, 1.54) is 0 Å². The molecular formula is C9H16N2O2S. The molecule has 0 radical (unpaired) electrons.